The highest BCUT2D eigenvalue weighted by Gasteiger charge is 2.38. The monoisotopic (exact) mass is 332 g/mol. The van der Waals surface area contributed by atoms with Gasteiger partial charge in [-0.2, -0.15) is 0 Å². The third-order valence-electron chi connectivity index (χ3n) is 2.86. The molecule has 0 aromatic rings. The molecule has 0 radical (unpaired) electrons. The van der Waals surface area contributed by atoms with Crippen molar-refractivity contribution in [3.8, 4) is 0 Å². The molecule has 0 spiro atoms. The lowest BCUT2D eigenvalue weighted by atomic mass is 10.3. The predicted molar refractivity (Wildman–Crippen MR) is 82.1 cm³/mol. The van der Waals surface area contributed by atoms with Crippen molar-refractivity contribution in [1.82, 2.24) is 0 Å². The Morgan fingerprint density at radius 1 is 1.18 bits per heavy atom. The molecule has 0 aliphatic rings. The van der Waals surface area contributed by atoms with Crippen LogP contribution in [0.1, 0.15) is 13.3 Å². The van der Waals surface area contributed by atoms with Gasteiger partial charge in [-0.3, -0.25) is 0 Å². The summed E-state index contributed by atoms with van der Waals surface area (Å²) in [6.45, 7) is 5.34. The van der Waals surface area contributed by atoms with Crippen LogP contribution in [-0.4, -0.2) is 55.3 Å². The minimum absolute atomic E-state index is 0.168. The van der Waals surface area contributed by atoms with Crippen LogP contribution in [0.3, 0.4) is 0 Å². The highest BCUT2D eigenvalue weighted by Crippen LogP contribution is 2.16. The summed E-state index contributed by atoms with van der Waals surface area (Å²) in [5.74, 6) is -0.887. The van der Waals surface area contributed by atoms with E-state index < -0.39 is 20.7 Å². The molecule has 126 valence electrons. The van der Waals surface area contributed by atoms with Crippen LogP contribution < -0.4 is 0 Å². The summed E-state index contributed by atoms with van der Waals surface area (Å²) in [5.41, 5.74) is 0.442. The van der Waals surface area contributed by atoms with Gasteiger partial charge in [0.2, 0.25) is 0 Å². The first-order valence-electron chi connectivity index (χ1n) is 6.73. The SMILES string of the molecule is C=CC(=O)OCCC[Si](OC)(OC)OC/C=C(\C)C(=O)OC. The fraction of sp³-hybridized carbons (Fsp3) is 0.571. The van der Waals surface area contributed by atoms with Gasteiger partial charge >= 0.3 is 20.7 Å². The molecule has 0 fully saturated rings. The molecule has 0 heterocycles. The van der Waals surface area contributed by atoms with E-state index in [0.717, 1.165) is 6.08 Å². The number of hydrogen-bond acceptors (Lipinski definition) is 7. The minimum atomic E-state index is -2.85. The largest absolute Gasteiger partial charge is 0.500 e. The van der Waals surface area contributed by atoms with Crippen LogP contribution in [0, 0.1) is 0 Å². The summed E-state index contributed by atoms with van der Waals surface area (Å²) in [6, 6.07) is 0.482. The molecule has 8 heteroatoms. The molecule has 0 aromatic heterocycles. The van der Waals surface area contributed by atoms with Gasteiger partial charge in [0.05, 0.1) is 20.3 Å². The number of hydrogen-bond donors (Lipinski definition) is 0. The second-order valence-electron chi connectivity index (χ2n) is 4.26. The fourth-order valence-corrected chi connectivity index (χ4v) is 3.41. The molecular formula is C14H24O7Si. The zero-order valence-electron chi connectivity index (χ0n) is 13.5. The van der Waals surface area contributed by atoms with E-state index in [1.807, 2.05) is 0 Å². The second kappa shape index (κ2) is 11.1. The molecule has 7 nitrogen and oxygen atoms in total. The number of methoxy groups -OCH3 is 1. The summed E-state index contributed by atoms with van der Waals surface area (Å²) in [7, 11) is 1.47. The maximum absolute atomic E-state index is 11.3. The van der Waals surface area contributed by atoms with Gasteiger partial charge in [0.15, 0.2) is 0 Å². The zero-order chi connectivity index (χ0) is 17.0. The summed E-state index contributed by atoms with van der Waals surface area (Å²) in [4.78, 5) is 22.2. The maximum atomic E-state index is 11.3. The molecule has 0 bridgehead atoms. The first kappa shape index (κ1) is 20.5. The predicted octanol–water partition coefficient (Wildman–Crippen LogP) is 1.47. The quantitative estimate of drug-likeness (QED) is 0.245. The average molecular weight is 332 g/mol. The van der Waals surface area contributed by atoms with E-state index in [9.17, 15) is 9.59 Å². The summed E-state index contributed by atoms with van der Waals surface area (Å²) < 4.78 is 25.9. The molecular weight excluding hydrogens is 308 g/mol. The molecule has 22 heavy (non-hydrogen) atoms. The molecule has 0 N–H and O–H groups in total. The summed E-state index contributed by atoms with van der Waals surface area (Å²) >= 11 is 0. The van der Waals surface area contributed by atoms with Gasteiger partial charge in [-0.1, -0.05) is 6.58 Å². The number of rotatable bonds is 11. The van der Waals surface area contributed by atoms with Gasteiger partial charge in [0.1, 0.15) is 0 Å². The molecule has 0 rings (SSSR count). The van der Waals surface area contributed by atoms with Crippen molar-refractivity contribution in [3.05, 3.63) is 24.3 Å². The number of carbonyl (C=O) groups excluding carboxylic acids is 2. The van der Waals surface area contributed by atoms with Crippen molar-refractivity contribution in [1.29, 1.82) is 0 Å². The summed E-state index contributed by atoms with van der Waals surface area (Å²) in [6.07, 6.45) is 3.24. The second-order valence-corrected chi connectivity index (χ2v) is 7.23. The van der Waals surface area contributed by atoms with Crippen molar-refractivity contribution >= 4 is 20.7 Å². The van der Waals surface area contributed by atoms with Gasteiger partial charge in [0, 0.05) is 31.9 Å². The van der Waals surface area contributed by atoms with E-state index in [4.69, 9.17) is 18.0 Å². The Balaban J connectivity index is 4.40. The van der Waals surface area contributed by atoms with Crippen LogP contribution >= 0.6 is 0 Å². The minimum Gasteiger partial charge on any atom is -0.466 e. The van der Waals surface area contributed by atoms with Gasteiger partial charge in [-0.05, 0) is 19.4 Å². The first-order valence-corrected chi connectivity index (χ1v) is 8.66. The Morgan fingerprint density at radius 2 is 1.82 bits per heavy atom. The highest BCUT2D eigenvalue weighted by atomic mass is 28.4. The maximum Gasteiger partial charge on any atom is 0.500 e. The summed E-state index contributed by atoms with van der Waals surface area (Å²) in [5, 5.41) is 0. The molecule has 0 saturated heterocycles. The van der Waals surface area contributed by atoms with Gasteiger partial charge in [-0.15, -0.1) is 0 Å². The number of ether oxygens (including phenoxy) is 2. The molecule has 0 aliphatic carbocycles. The number of esters is 2. The van der Waals surface area contributed by atoms with Crippen LogP contribution in [0.25, 0.3) is 0 Å². The van der Waals surface area contributed by atoms with Gasteiger partial charge in [-0.25, -0.2) is 9.59 Å². The lowest BCUT2D eigenvalue weighted by Gasteiger charge is -2.25. The fourth-order valence-electron chi connectivity index (χ4n) is 1.54. The molecule has 0 amide bonds. The van der Waals surface area contributed by atoms with Crippen molar-refractivity contribution in [3.63, 3.8) is 0 Å². The van der Waals surface area contributed by atoms with Crippen molar-refractivity contribution in [2.45, 2.75) is 19.4 Å². The topological polar surface area (TPSA) is 80.3 Å². The Labute approximate surface area is 132 Å². The molecule has 0 atom stereocenters. The lowest BCUT2D eigenvalue weighted by Crippen LogP contribution is -2.44. The van der Waals surface area contributed by atoms with Crippen LogP contribution in [0.2, 0.25) is 6.04 Å². The molecule has 0 aliphatic heterocycles. The van der Waals surface area contributed by atoms with E-state index in [0.29, 0.717) is 18.0 Å². The number of carbonyl (C=O) groups is 2. The van der Waals surface area contributed by atoms with Crippen molar-refractivity contribution in [2.24, 2.45) is 0 Å². The Kier molecular flexibility index (Phi) is 10.4. The highest BCUT2D eigenvalue weighted by molar-refractivity contribution is 6.60. The first-order chi connectivity index (χ1) is 10.4. The molecule has 0 saturated carbocycles. The standard InChI is InChI=1S/C14H24O7Si/c1-6-13(15)20-9-7-11-22(18-4,19-5)21-10-8-12(2)14(16)17-3/h6,8H,1,7,9-11H2,2-5H3/b12-8+. The van der Waals surface area contributed by atoms with Gasteiger partial charge in [0.25, 0.3) is 0 Å². The normalized spacial score (nSPS) is 11.9. The van der Waals surface area contributed by atoms with E-state index in [1.165, 1.54) is 21.3 Å². The van der Waals surface area contributed by atoms with Crippen LogP contribution in [0.5, 0.6) is 0 Å². The van der Waals surface area contributed by atoms with E-state index in [1.54, 1.807) is 13.0 Å². The molecule has 0 aromatic carbocycles. The lowest BCUT2D eigenvalue weighted by molar-refractivity contribution is -0.138. The van der Waals surface area contributed by atoms with Gasteiger partial charge < -0.3 is 22.8 Å². The third kappa shape index (κ3) is 7.50. The van der Waals surface area contributed by atoms with Crippen LogP contribution in [-0.2, 0) is 32.3 Å². The zero-order valence-corrected chi connectivity index (χ0v) is 14.5. The van der Waals surface area contributed by atoms with Crippen molar-refractivity contribution < 1.29 is 32.3 Å². The van der Waals surface area contributed by atoms with E-state index in [-0.39, 0.29) is 13.2 Å². The van der Waals surface area contributed by atoms with Crippen molar-refractivity contribution in [2.75, 3.05) is 34.5 Å². The smallest absolute Gasteiger partial charge is 0.466 e. The van der Waals surface area contributed by atoms with Crippen LogP contribution in [0.4, 0.5) is 0 Å². The average Bonchev–Trinajstić information content (AvgIpc) is 2.55. The third-order valence-corrected chi connectivity index (χ3v) is 5.68. The Bertz CT molecular complexity index is 402. The van der Waals surface area contributed by atoms with Crippen LogP contribution in [0.15, 0.2) is 24.3 Å². The Morgan fingerprint density at radius 3 is 2.32 bits per heavy atom. The molecule has 0 unspecified atom stereocenters. The Hall–Kier alpha value is -1.48. The van der Waals surface area contributed by atoms with E-state index in [2.05, 4.69) is 11.3 Å². The van der Waals surface area contributed by atoms with E-state index >= 15 is 0 Å².